The zero-order chi connectivity index (χ0) is 18.5. The second-order valence-electron chi connectivity index (χ2n) is 7.62. The fraction of sp³-hybridized carbons (Fsp3) is 0.444. The molecule has 4 heterocycles. The van der Waals surface area contributed by atoms with E-state index in [0.717, 1.165) is 28.1 Å². The summed E-state index contributed by atoms with van der Waals surface area (Å²) in [5.74, 6) is 0.821. The van der Waals surface area contributed by atoms with E-state index >= 15 is 0 Å². The predicted octanol–water partition coefficient (Wildman–Crippen LogP) is 2.88. The number of carbonyl (C=O) groups excluding carboxylic acids is 1. The second-order valence-corrected chi connectivity index (χ2v) is 8.48. The Morgan fingerprint density at radius 1 is 1.27 bits per heavy atom. The summed E-state index contributed by atoms with van der Waals surface area (Å²) in [6, 6.07) is 0. The van der Waals surface area contributed by atoms with Crippen molar-refractivity contribution >= 4 is 33.3 Å². The van der Waals surface area contributed by atoms with Gasteiger partial charge in [-0.25, -0.2) is 9.97 Å². The van der Waals surface area contributed by atoms with Crippen LogP contribution in [0, 0.1) is 0 Å². The smallest absolute Gasteiger partial charge is 0.272 e. The lowest BCUT2D eigenvalue weighted by Crippen LogP contribution is -2.38. The van der Waals surface area contributed by atoms with Crippen molar-refractivity contribution in [2.24, 2.45) is 0 Å². The minimum absolute atomic E-state index is 0.00888. The van der Waals surface area contributed by atoms with Crippen LogP contribution >= 0.6 is 11.3 Å². The Kier molecular flexibility index (Phi) is 3.95. The normalized spacial score (nSPS) is 14.8. The summed E-state index contributed by atoms with van der Waals surface area (Å²) in [5.41, 5.74) is 2.79. The fourth-order valence-electron chi connectivity index (χ4n) is 3.24. The average molecular weight is 370 g/mol. The topological polar surface area (TPSA) is 75.9 Å². The molecule has 0 bridgehead atoms. The summed E-state index contributed by atoms with van der Waals surface area (Å²) >= 11 is 1.63. The SMILES string of the molecule is CN1CCn2ncc(CNc3ncnc4scc(C(C)(C)C)c34)c2C1=O. The summed E-state index contributed by atoms with van der Waals surface area (Å²) in [5, 5.41) is 11.0. The molecule has 3 aromatic heterocycles. The van der Waals surface area contributed by atoms with Gasteiger partial charge in [0, 0.05) is 25.7 Å². The first-order chi connectivity index (χ1) is 12.4. The van der Waals surface area contributed by atoms with Gasteiger partial charge in [-0.15, -0.1) is 11.3 Å². The molecule has 0 unspecified atom stereocenters. The zero-order valence-electron chi connectivity index (χ0n) is 15.4. The van der Waals surface area contributed by atoms with Crippen LogP contribution in [0.3, 0.4) is 0 Å². The number of hydrogen-bond acceptors (Lipinski definition) is 6. The third kappa shape index (κ3) is 2.74. The van der Waals surface area contributed by atoms with Crippen molar-refractivity contribution in [3.8, 4) is 0 Å². The van der Waals surface area contributed by atoms with Gasteiger partial charge in [-0.3, -0.25) is 9.48 Å². The van der Waals surface area contributed by atoms with Gasteiger partial charge in [-0.2, -0.15) is 5.10 Å². The van der Waals surface area contributed by atoms with E-state index in [1.807, 2.05) is 7.05 Å². The number of rotatable bonds is 3. The Hall–Kier alpha value is -2.48. The largest absolute Gasteiger partial charge is 0.365 e. The van der Waals surface area contributed by atoms with Crippen molar-refractivity contribution in [2.75, 3.05) is 18.9 Å². The molecule has 26 heavy (non-hydrogen) atoms. The van der Waals surface area contributed by atoms with Crippen molar-refractivity contribution in [3.05, 3.63) is 34.7 Å². The molecule has 8 heteroatoms. The summed E-state index contributed by atoms with van der Waals surface area (Å²) < 4.78 is 1.79. The van der Waals surface area contributed by atoms with Crippen LogP contribution < -0.4 is 5.32 Å². The summed E-state index contributed by atoms with van der Waals surface area (Å²) in [6.45, 7) is 8.49. The van der Waals surface area contributed by atoms with E-state index in [-0.39, 0.29) is 11.3 Å². The van der Waals surface area contributed by atoms with Gasteiger partial charge >= 0.3 is 0 Å². The van der Waals surface area contributed by atoms with Gasteiger partial charge in [0.25, 0.3) is 5.91 Å². The first-order valence-electron chi connectivity index (χ1n) is 8.63. The number of anilines is 1. The zero-order valence-corrected chi connectivity index (χ0v) is 16.2. The molecule has 136 valence electrons. The van der Waals surface area contributed by atoms with Crippen LogP contribution in [0.4, 0.5) is 5.82 Å². The number of amides is 1. The standard InChI is InChI=1S/C18H22N6OS/c1-18(2,3)12-9-26-16-13(12)15(20-10-21-16)19-7-11-8-22-24-6-5-23(4)17(25)14(11)24/h8-10H,5-7H2,1-4H3,(H,19,20,21). The number of carbonyl (C=O) groups is 1. The van der Waals surface area contributed by atoms with Gasteiger partial charge in [0.15, 0.2) is 0 Å². The number of nitrogens with zero attached hydrogens (tertiary/aromatic N) is 5. The van der Waals surface area contributed by atoms with E-state index in [9.17, 15) is 4.79 Å². The van der Waals surface area contributed by atoms with Crippen molar-refractivity contribution in [1.82, 2.24) is 24.6 Å². The molecule has 0 aliphatic carbocycles. The molecule has 0 saturated carbocycles. The summed E-state index contributed by atoms with van der Waals surface area (Å²) in [4.78, 5) is 24.1. The highest BCUT2D eigenvalue weighted by molar-refractivity contribution is 7.17. The lowest BCUT2D eigenvalue weighted by molar-refractivity contribution is 0.0741. The predicted molar refractivity (Wildman–Crippen MR) is 103 cm³/mol. The third-order valence-electron chi connectivity index (χ3n) is 4.74. The maximum atomic E-state index is 12.5. The van der Waals surface area contributed by atoms with Crippen LogP contribution in [0.1, 0.15) is 42.4 Å². The van der Waals surface area contributed by atoms with Gasteiger partial charge in [0.1, 0.15) is 22.7 Å². The van der Waals surface area contributed by atoms with E-state index in [2.05, 4.69) is 46.5 Å². The van der Waals surface area contributed by atoms with Gasteiger partial charge in [-0.1, -0.05) is 20.8 Å². The molecule has 0 aromatic carbocycles. The molecule has 1 aliphatic heterocycles. The fourth-order valence-corrected chi connectivity index (χ4v) is 4.37. The molecule has 1 N–H and O–H groups in total. The minimum Gasteiger partial charge on any atom is -0.365 e. The molecule has 3 aromatic rings. The molecule has 0 atom stereocenters. The molecule has 0 spiro atoms. The third-order valence-corrected chi connectivity index (χ3v) is 5.62. The molecular formula is C18H22N6OS. The Morgan fingerprint density at radius 2 is 2.08 bits per heavy atom. The first-order valence-corrected chi connectivity index (χ1v) is 9.51. The van der Waals surface area contributed by atoms with Crippen molar-refractivity contribution in [3.63, 3.8) is 0 Å². The highest BCUT2D eigenvalue weighted by Gasteiger charge is 2.26. The van der Waals surface area contributed by atoms with Crippen LogP contribution in [-0.2, 0) is 18.5 Å². The molecule has 0 radical (unpaired) electrons. The highest BCUT2D eigenvalue weighted by atomic mass is 32.1. The van der Waals surface area contributed by atoms with Crippen molar-refractivity contribution in [1.29, 1.82) is 0 Å². The lowest BCUT2D eigenvalue weighted by Gasteiger charge is -2.24. The van der Waals surface area contributed by atoms with Gasteiger partial charge in [0.2, 0.25) is 0 Å². The van der Waals surface area contributed by atoms with Crippen molar-refractivity contribution in [2.45, 2.75) is 39.3 Å². The molecule has 1 aliphatic rings. The Bertz CT molecular complexity index is 983. The molecule has 0 fully saturated rings. The van der Waals surface area contributed by atoms with E-state index in [1.54, 1.807) is 33.4 Å². The Labute approximate surface area is 156 Å². The van der Waals surface area contributed by atoms with Gasteiger partial charge in [0.05, 0.1) is 18.1 Å². The number of fused-ring (bicyclic) bond motifs is 2. The Morgan fingerprint density at radius 3 is 2.85 bits per heavy atom. The van der Waals surface area contributed by atoms with Crippen LogP contribution in [0.2, 0.25) is 0 Å². The second kappa shape index (κ2) is 6.05. The maximum absolute atomic E-state index is 12.5. The molecular weight excluding hydrogens is 348 g/mol. The number of nitrogens with one attached hydrogen (secondary N) is 1. The van der Waals surface area contributed by atoms with Crippen LogP contribution in [0.15, 0.2) is 17.9 Å². The van der Waals surface area contributed by atoms with E-state index < -0.39 is 0 Å². The quantitative estimate of drug-likeness (QED) is 0.767. The van der Waals surface area contributed by atoms with Crippen molar-refractivity contribution < 1.29 is 4.79 Å². The first kappa shape index (κ1) is 17.0. The lowest BCUT2D eigenvalue weighted by atomic mass is 9.87. The van der Waals surface area contributed by atoms with Crippen LogP contribution in [0.5, 0.6) is 0 Å². The monoisotopic (exact) mass is 370 g/mol. The summed E-state index contributed by atoms with van der Waals surface area (Å²) in [7, 11) is 1.82. The number of likely N-dealkylation sites (N-methyl/N-ethyl adjacent to an activating group) is 1. The summed E-state index contributed by atoms with van der Waals surface area (Å²) in [6.07, 6.45) is 3.36. The molecule has 0 saturated heterocycles. The van der Waals surface area contributed by atoms with E-state index in [4.69, 9.17) is 0 Å². The van der Waals surface area contributed by atoms with Gasteiger partial charge < -0.3 is 10.2 Å². The maximum Gasteiger partial charge on any atom is 0.272 e. The average Bonchev–Trinajstić information content (AvgIpc) is 3.20. The molecule has 4 rings (SSSR count). The molecule has 7 nitrogen and oxygen atoms in total. The molecule has 1 amide bonds. The van der Waals surface area contributed by atoms with E-state index in [0.29, 0.717) is 18.8 Å². The Balaban J connectivity index is 1.67. The number of hydrogen-bond donors (Lipinski definition) is 1. The van der Waals surface area contributed by atoms with Crippen LogP contribution in [-0.4, -0.2) is 44.1 Å². The van der Waals surface area contributed by atoms with Gasteiger partial charge in [-0.05, 0) is 16.4 Å². The van der Waals surface area contributed by atoms with E-state index in [1.165, 1.54) is 5.56 Å². The number of aromatic nitrogens is 4. The minimum atomic E-state index is 0.00888. The van der Waals surface area contributed by atoms with Crippen LogP contribution in [0.25, 0.3) is 10.2 Å². The highest BCUT2D eigenvalue weighted by Crippen LogP contribution is 2.37. The number of thiophene rings is 1.